The lowest BCUT2D eigenvalue weighted by molar-refractivity contribution is -0.120. The lowest BCUT2D eigenvalue weighted by Crippen LogP contribution is -2.41. The summed E-state index contributed by atoms with van der Waals surface area (Å²) in [5.74, 6) is 0.753. The first kappa shape index (κ1) is 20.9. The van der Waals surface area contributed by atoms with Crippen LogP contribution in [-0.2, 0) is 20.6 Å². The summed E-state index contributed by atoms with van der Waals surface area (Å²) in [4.78, 5) is 13.7. The van der Waals surface area contributed by atoms with Crippen LogP contribution in [0, 0.1) is 5.92 Å². The molecule has 0 aliphatic carbocycles. The molecule has 150 valence electrons. The van der Waals surface area contributed by atoms with Crippen LogP contribution >= 0.6 is 11.8 Å². The largest absolute Gasteiger partial charge is 0.325 e. The third-order valence-electron chi connectivity index (χ3n) is 4.85. The Morgan fingerprint density at radius 2 is 1.71 bits per heavy atom. The van der Waals surface area contributed by atoms with Crippen molar-refractivity contribution in [1.29, 1.82) is 0 Å². The average molecular weight is 419 g/mol. The van der Waals surface area contributed by atoms with Gasteiger partial charge in [-0.05, 0) is 36.3 Å². The van der Waals surface area contributed by atoms with E-state index in [1.807, 2.05) is 54.6 Å². The summed E-state index contributed by atoms with van der Waals surface area (Å²) in [5, 5.41) is 3.03. The average Bonchev–Trinajstić information content (AvgIpc) is 2.70. The first-order chi connectivity index (χ1) is 13.5. The second-order valence-electron chi connectivity index (χ2n) is 6.83. The number of hydrogen-bond donors (Lipinski definition) is 1. The van der Waals surface area contributed by atoms with Gasteiger partial charge in [0.15, 0.2) is 0 Å². The molecule has 5 nitrogen and oxygen atoms in total. The molecule has 1 N–H and O–H groups in total. The minimum absolute atomic E-state index is 0.00627. The van der Waals surface area contributed by atoms with Crippen LogP contribution in [-0.4, -0.2) is 37.5 Å². The zero-order chi connectivity index (χ0) is 20.0. The monoisotopic (exact) mass is 418 g/mol. The SMILES string of the molecule is CCSc1ccccc1NC(=O)C1CCN(S(=O)(=O)Cc2ccccc2)CC1. The van der Waals surface area contributed by atoms with Crippen molar-refractivity contribution in [2.75, 3.05) is 24.2 Å². The van der Waals surface area contributed by atoms with Crippen molar-refractivity contribution in [2.45, 2.75) is 30.4 Å². The van der Waals surface area contributed by atoms with E-state index in [0.717, 1.165) is 21.9 Å². The molecule has 0 atom stereocenters. The Hall–Kier alpha value is -1.83. The van der Waals surface area contributed by atoms with Gasteiger partial charge in [-0.3, -0.25) is 4.79 Å². The molecule has 28 heavy (non-hydrogen) atoms. The Morgan fingerprint density at radius 1 is 1.07 bits per heavy atom. The van der Waals surface area contributed by atoms with Gasteiger partial charge in [-0.15, -0.1) is 11.8 Å². The van der Waals surface area contributed by atoms with Gasteiger partial charge in [0.05, 0.1) is 11.4 Å². The minimum Gasteiger partial charge on any atom is -0.325 e. The summed E-state index contributed by atoms with van der Waals surface area (Å²) in [7, 11) is -3.36. The third kappa shape index (κ3) is 5.37. The molecule has 0 aromatic heterocycles. The van der Waals surface area contributed by atoms with Crippen LogP contribution in [0.3, 0.4) is 0 Å². The third-order valence-corrected chi connectivity index (χ3v) is 7.66. The molecule has 7 heteroatoms. The molecule has 1 aliphatic heterocycles. The molecule has 0 bridgehead atoms. The number of benzene rings is 2. The fourth-order valence-corrected chi connectivity index (χ4v) is 5.68. The van der Waals surface area contributed by atoms with Gasteiger partial charge < -0.3 is 5.32 Å². The molecular formula is C21H26N2O3S2. The maximum atomic E-state index is 12.7. The lowest BCUT2D eigenvalue weighted by Gasteiger charge is -2.30. The summed E-state index contributed by atoms with van der Waals surface area (Å²) in [6.45, 7) is 2.85. The van der Waals surface area contributed by atoms with E-state index in [-0.39, 0.29) is 17.6 Å². The Bertz CT molecular complexity index is 893. The fourth-order valence-electron chi connectivity index (χ4n) is 3.36. The number of para-hydroxylation sites is 1. The molecule has 1 heterocycles. The molecule has 1 fully saturated rings. The van der Waals surface area contributed by atoms with Crippen molar-refractivity contribution in [3.63, 3.8) is 0 Å². The molecule has 3 rings (SSSR count). The number of nitrogens with one attached hydrogen (secondary N) is 1. The topological polar surface area (TPSA) is 66.5 Å². The number of sulfonamides is 1. The number of piperidine rings is 1. The Morgan fingerprint density at radius 3 is 2.39 bits per heavy atom. The summed E-state index contributed by atoms with van der Waals surface area (Å²) in [6.07, 6.45) is 1.09. The van der Waals surface area contributed by atoms with Crippen molar-refractivity contribution < 1.29 is 13.2 Å². The highest BCUT2D eigenvalue weighted by atomic mass is 32.2. The molecule has 0 saturated carbocycles. The number of rotatable bonds is 7. The van der Waals surface area contributed by atoms with E-state index in [4.69, 9.17) is 0 Å². The molecule has 1 aliphatic rings. The second kappa shape index (κ2) is 9.58. The maximum absolute atomic E-state index is 12.7. The number of nitrogens with zero attached hydrogens (tertiary/aromatic N) is 1. The van der Waals surface area contributed by atoms with Gasteiger partial charge in [0.2, 0.25) is 15.9 Å². The van der Waals surface area contributed by atoms with Crippen LogP contribution < -0.4 is 5.32 Å². The lowest BCUT2D eigenvalue weighted by atomic mass is 9.97. The number of carbonyl (C=O) groups excluding carboxylic acids is 1. The van der Waals surface area contributed by atoms with E-state index >= 15 is 0 Å². The smallest absolute Gasteiger partial charge is 0.227 e. The van der Waals surface area contributed by atoms with Gasteiger partial charge >= 0.3 is 0 Å². The van der Waals surface area contributed by atoms with Crippen LogP contribution in [0.1, 0.15) is 25.3 Å². The predicted molar refractivity (Wildman–Crippen MR) is 115 cm³/mol. The maximum Gasteiger partial charge on any atom is 0.227 e. The molecule has 1 saturated heterocycles. The zero-order valence-corrected chi connectivity index (χ0v) is 17.6. The van der Waals surface area contributed by atoms with Crippen molar-refractivity contribution in [3.05, 3.63) is 60.2 Å². The first-order valence-electron chi connectivity index (χ1n) is 9.54. The van der Waals surface area contributed by atoms with Gasteiger partial charge in [-0.25, -0.2) is 12.7 Å². The molecule has 0 radical (unpaired) electrons. The van der Waals surface area contributed by atoms with Crippen LogP contribution in [0.5, 0.6) is 0 Å². The molecule has 0 unspecified atom stereocenters. The predicted octanol–water partition coefficient (Wildman–Crippen LogP) is 3.98. The van der Waals surface area contributed by atoms with E-state index in [1.165, 1.54) is 4.31 Å². The highest BCUT2D eigenvalue weighted by Gasteiger charge is 2.31. The first-order valence-corrected chi connectivity index (χ1v) is 12.1. The van der Waals surface area contributed by atoms with E-state index in [0.29, 0.717) is 25.9 Å². The molecule has 2 aromatic carbocycles. The molecule has 1 amide bonds. The van der Waals surface area contributed by atoms with E-state index < -0.39 is 10.0 Å². The number of anilines is 1. The van der Waals surface area contributed by atoms with Crippen molar-refractivity contribution >= 4 is 33.4 Å². The molecule has 2 aromatic rings. The van der Waals surface area contributed by atoms with Gasteiger partial charge in [0, 0.05) is 23.9 Å². The summed E-state index contributed by atoms with van der Waals surface area (Å²) < 4.78 is 26.8. The van der Waals surface area contributed by atoms with Crippen molar-refractivity contribution in [1.82, 2.24) is 4.31 Å². The Balaban J connectivity index is 1.57. The highest BCUT2D eigenvalue weighted by Crippen LogP contribution is 2.28. The number of amides is 1. The Kier molecular flexibility index (Phi) is 7.15. The van der Waals surface area contributed by atoms with Gasteiger partial charge in [-0.1, -0.05) is 49.4 Å². The number of thioether (sulfide) groups is 1. The summed E-state index contributed by atoms with van der Waals surface area (Å²) >= 11 is 1.69. The number of hydrogen-bond acceptors (Lipinski definition) is 4. The number of carbonyl (C=O) groups is 1. The Labute approximate surface area is 171 Å². The van der Waals surface area contributed by atoms with Crippen LogP contribution in [0.4, 0.5) is 5.69 Å². The van der Waals surface area contributed by atoms with E-state index in [2.05, 4.69) is 12.2 Å². The van der Waals surface area contributed by atoms with E-state index in [1.54, 1.807) is 11.8 Å². The second-order valence-corrected chi connectivity index (χ2v) is 10.1. The minimum atomic E-state index is -3.36. The zero-order valence-electron chi connectivity index (χ0n) is 16.0. The quantitative estimate of drug-likeness (QED) is 0.691. The highest BCUT2D eigenvalue weighted by molar-refractivity contribution is 7.99. The standard InChI is InChI=1S/C21H26N2O3S2/c1-2-27-20-11-7-6-10-19(20)22-21(24)18-12-14-23(15-13-18)28(25,26)16-17-8-4-3-5-9-17/h3-11,18H,2,12-16H2,1H3,(H,22,24). The van der Waals surface area contributed by atoms with Crippen molar-refractivity contribution in [2.24, 2.45) is 5.92 Å². The van der Waals surface area contributed by atoms with Crippen LogP contribution in [0.25, 0.3) is 0 Å². The fraction of sp³-hybridized carbons (Fsp3) is 0.381. The van der Waals surface area contributed by atoms with Crippen LogP contribution in [0.15, 0.2) is 59.5 Å². The molecular weight excluding hydrogens is 392 g/mol. The normalized spacial score (nSPS) is 16.0. The van der Waals surface area contributed by atoms with Crippen molar-refractivity contribution in [3.8, 4) is 0 Å². The molecule has 0 spiro atoms. The summed E-state index contributed by atoms with van der Waals surface area (Å²) in [6, 6.07) is 17.0. The van der Waals surface area contributed by atoms with Gasteiger partial charge in [0.25, 0.3) is 0 Å². The van der Waals surface area contributed by atoms with Gasteiger partial charge in [-0.2, -0.15) is 0 Å². The van der Waals surface area contributed by atoms with Crippen LogP contribution in [0.2, 0.25) is 0 Å². The van der Waals surface area contributed by atoms with Gasteiger partial charge in [0.1, 0.15) is 0 Å². The summed E-state index contributed by atoms with van der Waals surface area (Å²) in [5.41, 5.74) is 1.62. The van der Waals surface area contributed by atoms with E-state index in [9.17, 15) is 13.2 Å².